The molecule has 0 unspecified atom stereocenters. The van der Waals surface area contributed by atoms with Crippen molar-refractivity contribution in [1.29, 1.82) is 0 Å². The first-order chi connectivity index (χ1) is 15.5. The summed E-state index contributed by atoms with van der Waals surface area (Å²) in [6, 6.07) is 5.89. The number of benzene rings is 1. The van der Waals surface area contributed by atoms with Gasteiger partial charge in [0.05, 0.1) is 25.8 Å². The predicted molar refractivity (Wildman–Crippen MR) is 131 cm³/mol. The molecule has 1 saturated heterocycles. The molecule has 164 valence electrons. The molecule has 8 heteroatoms. The smallest absolute Gasteiger partial charge is 0.264 e. The number of halogens is 1. The Labute approximate surface area is 199 Å². The van der Waals surface area contributed by atoms with Crippen LogP contribution >= 0.6 is 34.3 Å². The number of fused-ring (bicyclic) bond motifs is 2. The maximum atomic E-state index is 13.4. The van der Waals surface area contributed by atoms with Crippen LogP contribution in [-0.4, -0.2) is 38.8 Å². The van der Waals surface area contributed by atoms with Crippen LogP contribution in [0.3, 0.4) is 0 Å². The summed E-state index contributed by atoms with van der Waals surface area (Å²) in [5.74, 6) is 1.99. The first-order valence-corrected chi connectivity index (χ1v) is 13.1. The van der Waals surface area contributed by atoms with Gasteiger partial charge in [-0.25, -0.2) is 15.0 Å². The lowest BCUT2D eigenvalue weighted by Gasteiger charge is -2.31. The molecule has 2 aliphatic rings. The van der Waals surface area contributed by atoms with Gasteiger partial charge in [-0.3, -0.25) is 4.79 Å². The van der Waals surface area contributed by atoms with Gasteiger partial charge in [0.2, 0.25) is 0 Å². The summed E-state index contributed by atoms with van der Waals surface area (Å²) in [5.41, 5.74) is 3.00. The maximum Gasteiger partial charge on any atom is 0.264 e. The van der Waals surface area contributed by atoms with Gasteiger partial charge in [0, 0.05) is 35.3 Å². The Bertz CT molecular complexity index is 1370. The molecule has 32 heavy (non-hydrogen) atoms. The number of carbonyl (C=O) groups is 1. The van der Waals surface area contributed by atoms with E-state index in [1.165, 1.54) is 28.9 Å². The Morgan fingerprint density at radius 3 is 2.56 bits per heavy atom. The zero-order valence-electron chi connectivity index (χ0n) is 18.0. The summed E-state index contributed by atoms with van der Waals surface area (Å²) in [7, 11) is 0. The van der Waals surface area contributed by atoms with Gasteiger partial charge in [0.25, 0.3) is 5.91 Å². The molecular formula is C24H23ClN4OS2. The van der Waals surface area contributed by atoms with Gasteiger partial charge in [0.15, 0.2) is 0 Å². The fourth-order valence-corrected chi connectivity index (χ4v) is 7.14. The fourth-order valence-electron chi connectivity index (χ4n) is 4.65. The molecule has 4 heterocycles. The summed E-state index contributed by atoms with van der Waals surface area (Å²) in [6.45, 7) is 5.59. The Hall–Kier alpha value is -2.09. The summed E-state index contributed by atoms with van der Waals surface area (Å²) < 4.78 is 1.17. The largest absolute Gasteiger partial charge is 0.338 e. The lowest BCUT2D eigenvalue weighted by Crippen LogP contribution is -2.37. The Morgan fingerprint density at radius 2 is 1.81 bits per heavy atom. The molecule has 3 aromatic heterocycles. The van der Waals surface area contributed by atoms with Gasteiger partial charge in [-0.1, -0.05) is 11.6 Å². The molecule has 0 bridgehead atoms. The van der Waals surface area contributed by atoms with Crippen LogP contribution in [0.15, 0.2) is 18.2 Å². The van der Waals surface area contributed by atoms with Gasteiger partial charge in [0.1, 0.15) is 10.7 Å². The van der Waals surface area contributed by atoms with Crippen LogP contribution in [0.25, 0.3) is 20.4 Å². The third-order valence-corrected chi connectivity index (χ3v) is 9.23. The minimum atomic E-state index is 0.132. The van der Waals surface area contributed by atoms with Crippen LogP contribution in [0.4, 0.5) is 0 Å². The molecule has 0 spiro atoms. The molecule has 1 aromatic carbocycles. The second-order valence-electron chi connectivity index (χ2n) is 8.91. The van der Waals surface area contributed by atoms with Crippen LogP contribution < -0.4 is 0 Å². The molecule has 1 saturated carbocycles. The van der Waals surface area contributed by atoms with Crippen LogP contribution in [0.5, 0.6) is 0 Å². The number of thiazole rings is 1. The van der Waals surface area contributed by atoms with E-state index in [1.807, 2.05) is 36.9 Å². The van der Waals surface area contributed by atoms with Crippen LogP contribution in [0.2, 0.25) is 5.02 Å². The molecule has 2 fully saturated rings. The van der Waals surface area contributed by atoms with Crippen molar-refractivity contribution >= 4 is 60.6 Å². The number of carbonyl (C=O) groups excluding carboxylic acids is 1. The molecule has 0 N–H and O–H groups in total. The third-order valence-electron chi connectivity index (χ3n) is 6.62. The quantitative estimate of drug-likeness (QED) is 0.336. The van der Waals surface area contributed by atoms with Gasteiger partial charge in [-0.2, -0.15) is 0 Å². The number of likely N-dealkylation sites (tertiary alicyclic amines) is 1. The van der Waals surface area contributed by atoms with Crippen molar-refractivity contribution in [3.63, 3.8) is 0 Å². The molecule has 1 aliphatic heterocycles. The molecule has 1 amide bonds. The number of amides is 1. The lowest BCUT2D eigenvalue weighted by molar-refractivity contribution is 0.0717. The highest BCUT2D eigenvalue weighted by atomic mass is 35.5. The van der Waals surface area contributed by atoms with Gasteiger partial charge < -0.3 is 4.90 Å². The molecule has 5 nitrogen and oxygen atoms in total. The van der Waals surface area contributed by atoms with Crippen LogP contribution in [-0.2, 0) is 0 Å². The summed E-state index contributed by atoms with van der Waals surface area (Å²) in [5, 5.41) is 2.94. The van der Waals surface area contributed by atoms with E-state index in [9.17, 15) is 4.79 Å². The Balaban J connectivity index is 1.21. The zero-order valence-corrected chi connectivity index (χ0v) is 20.4. The van der Waals surface area contributed by atoms with E-state index < -0.39 is 0 Å². The minimum Gasteiger partial charge on any atom is -0.338 e. The van der Waals surface area contributed by atoms with Crippen LogP contribution in [0, 0.1) is 13.8 Å². The number of aromatic nitrogens is 3. The number of aryl methyl sites for hydroxylation is 2. The maximum absolute atomic E-state index is 13.4. The van der Waals surface area contributed by atoms with E-state index in [0.29, 0.717) is 11.8 Å². The second kappa shape index (κ2) is 7.75. The number of hydrogen-bond acceptors (Lipinski definition) is 6. The van der Waals surface area contributed by atoms with E-state index in [4.69, 9.17) is 26.6 Å². The third kappa shape index (κ3) is 3.51. The number of thiophene rings is 1. The highest BCUT2D eigenvalue weighted by molar-refractivity contribution is 7.20. The van der Waals surface area contributed by atoms with Crippen molar-refractivity contribution in [2.45, 2.75) is 51.4 Å². The number of hydrogen-bond donors (Lipinski definition) is 0. The summed E-state index contributed by atoms with van der Waals surface area (Å²) >= 11 is 9.40. The van der Waals surface area contributed by atoms with E-state index >= 15 is 0 Å². The van der Waals surface area contributed by atoms with Gasteiger partial charge in [-0.05, 0) is 63.3 Å². The molecule has 1 aliphatic carbocycles. The lowest BCUT2D eigenvalue weighted by atomic mass is 9.97. The Kier molecular flexibility index (Phi) is 4.97. The highest BCUT2D eigenvalue weighted by Crippen LogP contribution is 2.41. The van der Waals surface area contributed by atoms with Crippen molar-refractivity contribution in [3.05, 3.63) is 50.2 Å². The van der Waals surface area contributed by atoms with Crippen molar-refractivity contribution in [3.8, 4) is 0 Å². The molecule has 4 aromatic rings. The van der Waals surface area contributed by atoms with Crippen LogP contribution in [0.1, 0.15) is 69.3 Å². The van der Waals surface area contributed by atoms with E-state index in [-0.39, 0.29) is 5.91 Å². The second-order valence-corrected chi connectivity index (χ2v) is 11.4. The van der Waals surface area contributed by atoms with Gasteiger partial charge >= 0.3 is 0 Å². The minimum absolute atomic E-state index is 0.132. The fraction of sp³-hybridized carbons (Fsp3) is 0.417. The molecule has 0 radical (unpaired) electrons. The van der Waals surface area contributed by atoms with Gasteiger partial charge in [-0.15, -0.1) is 22.7 Å². The van der Waals surface area contributed by atoms with Crippen molar-refractivity contribution < 1.29 is 4.79 Å². The Morgan fingerprint density at radius 1 is 1.03 bits per heavy atom. The number of rotatable bonds is 3. The standard InChI is InChI=1S/C24H23ClN4OS2/c1-12-19-13(2)26-21(14-3-4-14)28-23(19)32-20(12)24(30)29-9-7-15(8-10-29)22-27-17-11-16(25)5-6-18(17)31-22/h5-6,11,14-15H,3-4,7-10H2,1-2H3. The number of piperidine rings is 1. The summed E-state index contributed by atoms with van der Waals surface area (Å²) in [6.07, 6.45) is 4.23. The average molecular weight is 483 g/mol. The predicted octanol–water partition coefficient (Wildman–Crippen LogP) is 6.47. The molecular weight excluding hydrogens is 460 g/mol. The zero-order chi connectivity index (χ0) is 22.0. The van der Waals surface area contributed by atoms with E-state index in [1.54, 1.807) is 11.3 Å². The van der Waals surface area contributed by atoms with Crippen molar-refractivity contribution in [1.82, 2.24) is 19.9 Å². The summed E-state index contributed by atoms with van der Waals surface area (Å²) in [4.78, 5) is 31.6. The monoisotopic (exact) mass is 482 g/mol. The topological polar surface area (TPSA) is 59.0 Å². The molecule has 6 rings (SSSR count). The normalized spacial score (nSPS) is 17.5. The SMILES string of the molecule is Cc1nc(C2CC2)nc2sc(C(=O)N3CCC(c4nc5cc(Cl)ccc5s4)CC3)c(C)c12. The van der Waals surface area contributed by atoms with E-state index in [2.05, 4.69) is 0 Å². The number of nitrogens with zero attached hydrogens (tertiary/aromatic N) is 4. The molecule has 0 atom stereocenters. The van der Waals surface area contributed by atoms with Crippen molar-refractivity contribution in [2.75, 3.05) is 13.1 Å². The van der Waals surface area contributed by atoms with Crippen molar-refractivity contribution in [2.24, 2.45) is 0 Å². The first kappa shape index (κ1) is 20.5. The highest BCUT2D eigenvalue weighted by Gasteiger charge is 2.31. The average Bonchev–Trinajstić information content (AvgIpc) is 3.47. The van der Waals surface area contributed by atoms with E-state index in [0.717, 1.165) is 73.7 Å². The first-order valence-electron chi connectivity index (χ1n) is 11.1.